The van der Waals surface area contributed by atoms with Gasteiger partial charge in [-0.1, -0.05) is 78.9 Å². The Morgan fingerprint density at radius 1 is 0.514 bits per heavy atom. The van der Waals surface area contributed by atoms with Gasteiger partial charge in [0.15, 0.2) is 12.2 Å². The lowest BCUT2D eigenvalue weighted by molar-refractivity contribution is -0.0348. The Bertz CT molecular complexity index is 1270. The van der Waals surface area contributed by atoms with Gasteiger partial charge in [0, 0.05) is 5.69 Å². The van der Waals surface area contributed by atoms with Crippen molar-refractivity contribution in [1.82, 2.24) is 0 Å². The number of hydrogen-bond acceptors (Lipinski definition) is 5. The molecule has 0 spiro atoms. The molecule has 5 heteroatoms. The number of carbonyl (C=O) groups excluding carboxylic acids is 2. The molecule has 2 heterocycles. The molecule has 1 fully saturated rings. The van der Waals surface area contributed by atoms with E-state index >= 15 is 0 Å². The number of ether oxygens (including phenoxy) is 2. The zero-order chi connectivity index (χ0) is 23.8. The van der Waals surface area contributed by atoms with E-state index in [1.54, 1.807) is 48.5 Å². The second kappa shape index (κ2) is 8.76. The van der Waals surface area contributed by atoms with Crippen molar-refractivity contribution >= 4 is 17.6 Å². The molecule has 2 aliphatic rings. The van der Waals surface area contributed by atoms with Gasteiger partial charge >= 0.3 is 11.9 Å². The third-order valence-electron chi connectivity index (χ3n) is 6.74. The molecule has 6 rings (SSSR count). The van der Waals surface area contributed by atoms with E-state index in [2.05, 4.69) is 17.0 Å². The summed E-state index contributed by atoms with van der Waals surface area (Å²) in [6.07, 6.45) is -1.34. The molecular weight excluding hydrogens is 438 g/mol. The minimum atomic E-state index is -0.671. The maximum Gasteiger partial charge on any atom is 0.338 e. The molecule has 1 saturated heterocycles. The van der Waals surface area contributed by atoms with Crippen LogP contribution in [0.5, 0.6) is 0 Å². The van der Waals surface area contributed by atoms with Crippen molar-refractivity contribution in [3.05, 3.63) is 138 Å². The molecule has 4 aromatic carbocycles. The normalized spacial score (nSPS) is 21.9. The fraction of sp³-hybridized carbons (Fsp3) is 0.133. The number of anilines is 1. The van der Waals surface area contributed by atoms with E-state index in [9.17, 15) is 9.59 Å². The van der Waals surface area contributed by atoms with Crippen LogP contribution in [-0.4, -0.2) is 24.1 Å². The van der Waals surface area contributed by atoms with Crippen LogP contribution >= 0.6 is 0 Å². The maximum absolute atomic E-state index is 13.2. The lowest BCUT2D eigenvalue weighted by Crippen LogP contribution is -2.39. The van der Waals surface area contributed by atoms with Gasteiger partial charge in [-0.05, 0) is 47.5 Å². The molecule has 4 aromatic rings. The van der Waals surface area contributed by atoms with Gasteiger partial charge in [-0.3, -0.25) is 0 Å². The summed E-state index contributed by atoms with van der Waals surface area (Å²) in [5.74, 6) is -0.871. The summed E-state index contributed by atoms with van der Waals surface area (Å²) >= 11 is 0. The maximum atomic E-state index is 13.2. The van der Waals surface area contributed by atoms with Crippen LogP contribution in [0.1, 0.15) is 43.9 Å². The van der Waals surface area contributed by atoms with E-state index in [-0.39, 0.29) is 12.1 Å². The fourth-order valence-electron chi connectivity index (χ4n) is 5.27. The first-order valence-electron chi connectivity index (χ1n) is 11.7. The van der Waals surface area contributed by atoms with Gasteiger partial charge < -0.3 is 14.4 Å². The highest BCUT2D eigenvalue weighted by Crippen LogP contribution is 2.57. The first-order chi connectivity index (χ1) is 17.2. The standard InChI is InChI=1S/C30H23NO4/c32-29(20-12-4-1-5-13-20)34-27-25-23-18-10-11-19-24(23)26(31(25)22-16-8-3-9-17-22)28(27)35-30(33)21-14-6-2-7-15-21/h1-19,25-28H/t25?,26?,27-,28+. The van der Waals surface area contributed by atoms with Crippen molar-refractivity contribution in [3.8, 4) is 0 Å². The number of para-hydroxylation sites is 1. The average molecular weight is 462 g/mol. The smallest absolute Gasteiger partial charge is 0.338 e. The molecule has 2 bridgehead atoms. The lowest BCUT2D eigenvalue weighted by atomic mass is 9.87. The van der Waals surface area contributed by atoms with Crippen molar-refractivity contribution in [1.29, 1.82) is 0 Å². The van der Waals surface area contributed by atoms with Gasteiger partial charge in [0.2, 0.25) is 0 Å². The molecule has 35 heavy (non-hydrogen) atoms. The summed E-state index contributed by atoms with van der Waals surface area (Å²) in [5.41, 5.74) is 4.07. The van der Waals surface area contributed by atoms with Crippen LogP contribution in [-0.2, 0) is 9.47 Å². The molecule has 0 saturated carbocycles. The first-order valence-corrected chi connectivity index (χ1v) is 11.7. The molecule has 2 aliphatic heterocycles. The third kappa shape index (κ3) is 3.66. The minimum Gasteiger partial charge on any atom is -0.452 e. The molecule has 5 nitrogen and oxygen atoms in total. The van der Waals surface area contributed by atoms with Gasteiger partial charge in [-0.2, -0.15) is 0 Å². The number of carbonyl (C=O) groups is 2. The van der Waals surface area contributed by atoms with Gasteiger partial charge in [0.25, 0.3) is 0 Å². The van der Waals surface area contributed by atoms with Crippen molar-refractivity contribution in [2.24, 2.45) is 0 Å². The summed E-state index contributed by atoms with van der Waals surface area (Å²) < 4.78 is 12.3. The minimum absolute atomic E-state index is 0.278. The SMILES string of the molecule is O=C(O[C@@H]1C2c3ccccc3C([C@@H]1OC(=O)c1ccccc1)N2c1ccccc1)c1ccccc1. The second-order valence-corrected chi connectivity index (χ2v) is 8.73. The Balaban J connectivity index is 1.42. The molecule has 4 atom stereocenters. The number of fused-ring (bicyclic) bond motifs is 5. The van der Waals surface area contributed by atoms with Crippen LogP contribution in [0.15, 0.2) is 115 Å². The summed E-state index contributed by atoms with van der Waals surface area (Å²) in [6.45, 7) is 0. The van der Waals surface area contributed by atoms with Gasteiger partial charge in [0.1, 0.15) is 0 Å². The van der Waals surface area contributed by atoms with Crippen molar-refractivity contribution in [2.45, 2.75) is 24.3 Å². The molecule has 0 N–H and O–H groups in total. The second-order valence-electron chi connectivity index (χ2n) is 8.73. The average Bonchev–Trinajstić information content (AvgIpc) is 3.42. The van der Waals surface area contributed by atoms with Gasteiger partial charge in [-0.25, -0.2) is 9.59 Å². The molecule has 0 amide bonds. The van der Waals surface area contributed by atoms with E-state index < -0.39 is 24.1 Å². The zero-order valence-electron chi connectivity index (χ0n) is 18.9. The Morgan fingerprint density at radius 2 is 0.886 bits per heavy atom. The summed E-state index contributed by atoms with van der Waals surface area (Å²) in [7, 11) is 0. The topological polar surface area (TPSA) is 55.8 Å². The summed E-state index contributed by atoms with van der Waals surface area (Å²) in [5, 5.41) is 0. The van der Waals surface area contributed by atoms with Crippen LogP contribution in [0.3, 0.4) is 0 Å². The number of rotatable bonds is 5. The Kier molecular flexibility index (Phi) is 5.30. The molecule has 0 radical (unpaired) electrons. The quantitative estimate of drug-likeness (QED) is 0.354. The van der Waals surface area contributed by atoms with E-state index in [1.165, 1.54) is 0 Å². The van der Waals surface area contributed by atoms with Crippen LogP contribution < -0.4 is 4.90 Å². The Labute approximate surface area is 203 Å². The van der Waals surface area contributed by atoms with Crippen LogP contribution in [0.2, 0.25) is 0 Å². The predicted octanol–water partition coefficient (Wildman–Crippen LogP) is 5.75. The predicted molar refractivity (Wildman–Crippen MR) is 132 cm³/mol. The molecular formula is C30H23NO4. The highest BCUT2D eigenvalue weighted by molar-refractivity contribution is 5.91. The fourth-order valence-corrected chi connectivity index (χ4v) is 5.27. The highest BCUT2D eigenvalue weighted by atomic mass is 16.6. The number of benzene rings is 4. The number of nitrogens with zero attached hydrogens (tertiary/aromatic N) is 1. The largest absolute Gasteiger partial charge is 0.452 e. The van der Waals surface area contributed by atoms with Crippen LogP contribution in [0, 0.1) is 0 Å². The Hall–Kier alpha value is -4.38. The van der Waals surface area contributed by atoms with Crippen molar-refractivity contribution in [2.75, 3.05) is 4.90 Å². The van der Waals surface area contributed by atoms with E-state index in [1.807, 2.05) is 54.6 Å². The van der Waals surface area contributed by atoms with Crippen LogP contribution in [0.25, 0.3) is 0 Å². The van der Waals surface area contributed by atoms with Crippen molar-refractivity contribution < 1.29 is 19.1 Å². The highest BCUT2D eigenvalue weighted by Gasteiger charge is 2.60. The monoisotopic (exact) mass is 461 g/mol. The third-order valence-corrected chi connectivity index (χ3v) is 6.74. The van der Waals surface area contributed by atoms with Crippen LogP contribution in [0.4, 0.5) is 5.69 Å². The van der Waals surface area contributed by atoms with Gasteiger partial charge in [0.05, 0.1) is 23.2 Å². The number of esters is 2. The first kappa shape index (κ1) is 21.2. The van der Waals surface area contributed by atoms with E-state index in [0.717, 1.165) is 16.8 Å². The van der Waals surface area contributed by atoms with E-state index in [0.29, 0.717) is 11.1 Å². The molecule has 0 aliphatic carbocycles. The molecule has 172 valence electrons. The van der Waals surface area contributed by atoms with Crippen molar-refractivity contribution in [3.63, 3.8) is 0 Å². The summed E-state index contributed by atoms with van der Waals surface area (Å²) in [6, 6.07) is 35.4. The Morgan fingerprint density at radius 3 is 1.31 bits per heavy atom. The van der Waals surface area contributed by atoms with E-state index in [4.69, 9.17) is 9.47 Å². The molecule has 0 aromatic heterocycles. The number of hydrogen-bond donors (Lipinski definition) is 0. The molecule has 2 unspecified atom stereocenters. The zero-order valence-corrected chi connectivity index (χ0v) is 18.9. The van der Waals surface area contributed by atoms with Gasteiger partial charge in [-0.15, -0.1) is 0 Å². The lowest BCUT2D eigenvalue weighted by Gasteiger charge is -2.29. The summed E-state index contributed by atoms with van der Waals surface area (Å²) in [4.78, 5) is 28.5.